The van der Waals surface area contributed by atoms with Crippen LogP contribution >= 0.6 is 0 Å². The van der Waals surface area contributed by atoms with Gasteiger partial charge in [-0.3, -0.25) is 14.4 Å². The minimum absolute atomic E-state index is 0.0679. The van der Waals surface area contributed by atoms with E-state index in [-0.39, 0.29) is 29.2 Å². The van der Waals surface area contributed by atoms with Crippen molar-refractivity contribution >= 4 is 17.9 Å². The summed E-state index contributed by atoms with van der Waals surface area (Å²) in [5.41, 5.74) is 1.89. The zero-order valence-corrected chi connectivity index (χ0v) is 18.1. The first-order valence-corrected chi connectivity index (χ1v) is 10.1. The molecule has 0 aliphatic rings. The molecule has 0 fully saturated rings. The molecule has 0 spiro atoms. The van der Waals surface area contributed by atoms with Gasteiger partial charge in [-0.05, 0) is 17.2 Å². The van der Waals surface area contributed by atoms with Crippen molar-refractivity contribution in [2.24, 2.45) is 5.90 Å². The summed E-state index contributed by atoms with van der Waals surface area (Å²) in [5.74, 6) is 3.13. The highest BCUT2D eigenvalue weighted by atomic mass is 16.6. The Kier molecular flexibility index (Phi) is 7.77. The molecule has 170 valence electrons. The first-order valence-electron chi connectivity index (χ1n) is 10.1. The maximum absolute atomic E-state index is 12.9. The SMILES string of the molecule is CC(=O)Oc1ccc(CC(=O)OC(c2ccccc2)c2ccccc2)c(ON)c1OC(C)=O. The lowest BCUT2D eigenvalue weighted by molar-refractivity contribution is -0.146. The molecule has 8 nitrogen and oxygen atoms in total. The molecule has 3 rings (SSSR count). The van der Waals surface area contributed by atoms with Crippen LogP contribution in [0.4, 0.5) is 0 Å². The summed E-state index contributed by atoms with van der Waals surface area (Å²) in [6.45, 7) is 2.36. The van der Waals surface area contributed by atoms with Crippen molar-refractivity contribution in [2.75, 3.05) is 0 Å². The van der Waals surface area contributed by atoms with Crippen molar-refractivity contribution in [2.45, 2.75) is 26.4 Å². The van der Waals surface area contributed by atoms with Gasteiger partial charge >= 0.3 is 17.9 Å². The van der Waals surface area contributed by atoms with E-state index >= 15 is 0 Å². The molecule has 33 heavy (non-hydrogen) atoms. The highest BCUT2D eigenvalue weighted by Crippen LogP contribution is 2.40. The fraction of sp³-hybridized carbons (Fsp3) is 0.160. The summed E-state index contributed by atoms with van der Waals surface area (Å²) in [6.07, 6.45) is -0.868. The standard InChI is InChI=1S/C25H23NO7/c1-16(27)30-21-14-13-20(24(33-26)25(21)31-17(2)28)15-22(29)32-23(18-9-5-3-6-10-18)19-11-7-4-8-12-19/h3-14,23H,15,26H2,1-2H3. The number of rotatable bonds is 8. The number of hydrogen-bond donors (Lipinski definition) is 1. The van der Waals surface area contributed by atoms with E-state index in [2.05, 4.69) is 0 Å². The van der Waals surface area contributed by atoms with Crippen molar-refractivity contribution in [1.29, 1.82) is 0 Å². The third kappa shape index (κ3) is 6.18. The quantitative estimate of drug-likeness (QED) is 0.315. The van der Waals surface area contributed by atoms with Crippen LogP contribution in [0.1, 0.15) is 36.6 Å². The van der Waals surface area contributed by atoms with Crippen molar-refractivity contribution in [3.8, 4) is 17.2 Å². The van der Waals surface area contributed by atoms with Crippen LogP contribution in [0.5, 0.6) is 17.2 Å². The van der Waals surface area contributed by atoms with Gasteiger partial charge in [0.25, 0.3) is 0 Å². The van der Waals surface area contributed by atoms with Crippen LogP contribution in [0.3, 0.4) is 0 Å². The molecular weight excluding hydrogens is 426 g/mol. The summed E-state index contributed by atoms with van der Waals surface area (Å²) in [5, 5.41) is 0. The average molecular weight is 449 g/mol. The van der Waals surface area contributed by atoms with Crippen LogP contribution in [0, 0.1) is 0 Å². The topological polar surface area (TPSA) is 114 Å². The zero-order chi connectivity index (χ0) is 23.8. The Morgan fingerprint density at radius 2 is 1.30 bits per heavy atom. The second kappa shape index (κ2) is 10.9. The van der Waals surface area contributed by atoms with Gasteiger partial charge in [0.05, 0.1) is 6.42 Å². The Morgan fingerprint density at radius 3 is 1.79 bits per heavy atom. The lowest BCUT2D eigenvalue weighted by Gasteiger charge is -2.20. The highest BCUT2D eigenvalue weighted by molar-refractivity contribution is 5.79. The Labute approximate surface area is 190 Å². The fourth-order valence-corrected chi connectivity index (χ4v) is 3.24. The third-order valence-electron chi connectivity index (χ3n) is 4.56. The van der Waals surface area contributed by atoms with E-state index < -0.39 is 24.0 Å². The Morgan fingerprint density at radius 1 is 0.758 bits per heavy atom. The van der Waals surface area contributed by atoms with Crippen LogP contribution in [-0.2, 0) is 25.5 Å². The van der Waals surface area contributed by atoms with E-state index in [1.807, 2.05) is 60.7 Å². The van der Waals surface area contributed by atoms with Crippen molar-refractivity contribution in [3.05, 3.63) is 89.5 Å². The van der Waals surface area contributed by atoms with Gasteiger partial charge in [0.1, 0.15) is 0 Å². The second-order valence-corrected chi connectivity index (χ2v) is 7.05. The largest absolute Gasteiger partial charge is 0.452 e. The second-order valence-electron chi connectivity index (χ2n) is 7.05. The predicted octanol–water partition coefficient (Wildman–Crippen LogP) is 3.67. The molecule has 0 aromatic heterocycles. The monoisotopic (exact) mass is 449 g/mol. The third-order valence-corrected chi connectivity index (χ3v) is 4.56. The van der Waals surface area contributed by atoms with Gasteiger partial charge in [0.2, 0.25) is 5.75 Å². The fourth-order valence-electron chi connectivity index (χ4n) is 3.24. The summed E-state index contributed by atoms with van der Waals surface area (Å²) in [7, 11) is 0. The number of carbonyl (C=O) groups is 3. The van der Waals surface area contributed by atoms with Crippen LogP contribution in [0.2, 0.25) is 0 Å². The molecular formula is C25H23NO7. The lowest BCUT2D eigenvalue weighted by atomic mass is 10.0. The van der Waals surface area contributed by atoms with Crippen molar-refractivity contribution in [1.82, 2.24) is 0 Å². The number of nitrogens with two attached hydrogens (primary N) is 1. The van der Waals surface area contributed by atoms with Crippen LogP contribution in [-0.4, -0.2) is 17.9 Å². The molecule has 8 heteroatoms. The van der Waals surface area contributed by atoms with E-state index in [4.69, 9.17) is 24.9 Å². The van der Waals surface area contributed by atoms with Crippen molar-refractivity contribution in [3.63, 3.8) is 0 Å². The van der Waals surface area contributed by atoms with Gasteiger partial charge in [-0.15, -0.1) is 0 Å². The Balaban J connectivity index is 1.90. The molecule has 0 aliphatic heterocycles. The molecule has 0 amide bonds. The number of esters is 3. The molecule has 3 aromatic carbocycles. The predicted molar refractivity (Wildman–Crippen MR) is 118 cm³/mol. The summed E-state index contributed by atoms with van der Waals surface area (Å²) >= 11 is 0. The normalized spacial score (nSPS) is 10.4. The Bertz CT molecular complexity index is 1090. The number of hydrogen-bond acceptors (Lipinski definition) is 8. The minimum atomic E-state index is -0.686. The van der Waals surface area contributed by atoms with E-state index in [1.165, 1.54) is 26.0 Å². The molecule has 2 N–H and O–H groups in total. The minimum Gasteiger partial charge on any atom is -0.452 e. The summed E-state index contributed by atoms with van der Waals surface area (Å²) in [6, 6.07) is 21.5. The van der Waals surface area contributed by atoms with E-state index in [1.54, 1.807) is 0 Å². The van der Waals surface area contributed by atoms with Gasteiger partial charge in [-0.2, -0.15) is 5.90 Å². The maximum atomic E-state index is 12.9. The molecule has 0 aliphatic carbocycles. The van der Waals surface area contributed by atoms with Crippen LogP contribution in [0.15, 0.2) is 72.8 Å². The summed E-state index contributed by atoms with van der Waals surface area (Å²) in [4.78, 5) is 40.8. The summed E-state index contributed by atoms with van der Waals surface area (Å²) < 4.78 is 16.0. The maximum Gasteiger partial charge on any atom is 0.311 e. The first-order chi connectivity index (χ1) is 15.9. The zero-order valence-electron chi connectivity index (χ0n) is 18.1. The first kappa shape index (κ1) is 23.5. The van der Waals surface area contributed by atoms with E-state index in [9.17, 15) is 14.4 Å². The number of benzene rings is 3. The smallest absolute Gasteiger partial charge is 0.311 e. The number of ether oxygens (including phenoxy) is 3. The lowest BCUT2D eigenvalue weighted by Crippen LogP contribution is -2.17. The van der Waals surface area contributed by atoms with Gasteiger partial charge in [-0.1, -0.05) is 66.7 Å². The van der Waals surface area contributed by atoms with Crippen LogP contribution in [0.25, 0.3) is 0 Å². The molecule has 3 aromatic rings. The van der Waals surface area contributed by atoms with Crippen molar-refractivity contribution < 1.29 is 33.4 Å². The van der Waals surface area contributed by atoms with E-state index in [0.29, 0.717) is 0 Å². The molecule has 0 atom stereocenters. The number of carbonyl (C=O) groups excluding carboxylic acids is 3. The molecule has 0 bridgehead atoms. The molecule has 0 heterocycles. The van der Waals surface area contributed by atoms with Crippen LogP contribution < -0.4 is 20.2 Å². The molecule has 0 saturated carbocycles. The Hall–Kier alpha value is -4.17. The highest BCUT2D eigenvalue weighted by Gasteiger charge is 2.24. The molecule has 0 radical (unpaired) electrons. The van der Waals surface area contributed by atoms with E-state index in [0.717, 1.165) is 11.1 Å². The van der Waals surface area contributed by atoms with Gasteiger partial charge < -0.3 is 19.0 Å². The van der Waals surface area contributed by atoms with Gasteiger partial charge in [0, 0.05) is 19.4 Å². The van der Waals surface area contributed by atoms with Gasteiger partial charge in [-0.25, -0.2) is 0 Å². The van der Waals surface area contributed by atoms with Gasteiger partial charge in [0.15, 0.2) is 17.6 Å². The molecule has 0 saturated heterocycles. The average Bonchev–Trinajstić information content (AvgIpc) is 2.80. The molecule has 0 unspecified atom stereocenters.